The minimum absolute atomic E-state index is 0.230. The Morgan fingerprint density at radius 1 is 1.38 bits per heavy atom. The van der Waals surface area contributed by atoms with Gasteiger partial charge in [0, 0.05) is 30.2 Å². The third-order valence-electron chi connectivity index (χ3n) is 4.57. The van der Waals surface area contributed by atoms with Crippen LogP contribution in [-0.4, -0.2) is 50.2 Å². The van der Waals surface area contributed by atoms with Crippen LogP contribution in [0.2, 0.25) is 0 Å². The van der Waals surface area contributed by atoms with Crippen molar-refractivity contribution in [1.82, 2.24) is 19.9 Å². The number of pyridine rings is 1. The summed E-state index contributed by atoms with van der Waals surface area (Å²) >= 11 is 0. The Balaban J connectivity index is 1.67. The van der Waals surface area contributed by atoms with E-state index >= 15 is 0 Å². The van der Waals surface area contributed by atoms with Crippen molar-refractivity contribution in [1.29, 1.82) is 0 Å². The number of hydrogen-bond donors (Lipinski definition) is 1. The van der Waals surface area contributed by atoms with Gasteiger partial charge in [-0.2, -0.15) is 0 Å². The number of fused-ring (bicyclic) bond motifs is 1. The second-order valence-electron chi connectivity index (χ2n) is 8.47. The van der Waals surface area contributed by atoms with E-state index in [4.69, 9.17) is 4.74 Å². The molecule has 1 amide bonds. The number of rotatable bonds is 3. The molecular formula is C19H27N5O2. The molecule has 1 aliphatic rings. The lowest BCUT2D eigenvalue weighted by molar-refractivity contribution is 0.0131. The summed E-state index contributed by atoms with van der Waals surface area (Å²) < 4.78 is 5.57. The van der Waals surface area contributed by atoms with E-state index in [0.717, 1.165) is 29.7 Å². The van der Waals surface area contributed by atoms with Crippen LogP contribution < -0.4 is 5.32 Å². The van der Waals surface area contributed by atoms with E-state index in [1.54, 1.807) is 12.4 Å². The molecule has 3 heterocycles. The zero-order valence-corrected chi connectivity index (χ0v) is 16.1. The van der Waals surface area contributed by atoms with E-state index < -0.39 is 5.60 Å². The number of aromatic nitrogens is 3. The quantitative estimate of drug-likeness (QED) is 0.906. The van der Waals surface area contributed by atoms with Crippen molar-refractivity contribution in [2.75, 3.05) is 18.4 Å². The fraction of sp³-hybridized carbons (Fsp3) is 0.579. The second-order valence-corrected chi connectivity index (χ2v) is 8.47. The highest BCUT2D eigenvalue weighted by molar-refractivity contribution is 5.87. The SMILES string of the molecule is CC(C)(C)OC(=O)N1CC(CNc2ncnc3cnccc23)CC1(C)C. The average Bonchev–Trinajstić information content (AvgIpc) is 2.86. The fourth-order valence-electron chi connectivity index (χ4n) is 3.45. The molecule has 0 spiro atoms. The van der Waals surface area contributed by atoms with Crippen LogP contribution in [0.15, 0.2) is 24.8 Å². The summed E-state index contributed by atoms with van der Waals surface area (Å²) in [5, 5.41) is 4.37. The average molecular weight is 357 g/mol. The van der Waals surface area contributed by atoms with Gasteiger partial charge in [-0.05, 0) is 53.0 Å². The van der Waals surface area contributed by atoms with Crippen LogP contribution in [0.5, 0.6) is 0 Å². The Bertz CT molecular complexity index is 795. The molecule has 7 nitrogen and oxygen atoms in total. The van der Waals surface area contributed by atoms with E-state index in [-0.39, 0.29) is 11.6 Å². The van der Waals surface area contributed by atoms with Gasteiger partial charge in [0.15, 0.2) is 0 Å². The van der Waals surface area contributed by atoms with Crippen molar-refractivity contribution in [2.24, 2.45) is 5.92 Å². The first-order valence-corrected chi connectivity index (χ1v) is 8.95. The Morgan fingerprint density at radius 3 is 2.88 bits per heavy atom. The smallest absolute Gasteiger partial charge is 0.410 e. The zero-order chi connectivity index (χ0) is 18.9. The van der Waals surface area contributed by atoms with Crippen LogP contribution in [-0.2, 0) is 4.74 Å². The minimum atomic E-state index is -0.489. The lowest BCUT2D eigenvalue weighted by Crippen LogP contribution is -2.45. The Labute approximate surface area is 154 Å². The Kier molecular flexibility index (Phi) is 4.73. The number of nitrogens with zero attached hydrogens (tertiary/aromatic N) is 4. The van der Waals surface area contributed by atoms with Crippen molar-refractivity contribution in [2.45, 2.75) is 52.2 Å². The fourth-order valence-corrected chi connectivity index (χ4v) is 3.45. The molecule has 26 heavy (non-hydrogen) atoms. The molecule has 140 valence electrons. The van der Waals surface area contributed by atoms with Crippen LogP contribution in [0.3, 0.4) is 0 Å². The van der Waals surface area contributed by atoms with Crippen molar-refractivity contribution in [3.8, 4) is 0 Å². The number of carbonyl (C=O) groups is 1. The van der Waals surface area contributed by atoms with E-state index in [1.165, 1.54) is 6.33 Å². The first-order valence-electron chi connectivity index (χ1n) is 8.95. The highest BCUT2D eigenvalue weighted by Crippen LogP contribution is 2.34. The molecule has 0 bridgehead atoms. The van der Waals surface area contributed by atoms with Crippen molar-refractivity contribution < 1.29 is 9.53 Å². The molecule has 1 aliphatic heterocycles. The van der Waals surface area contributed by atoms with Crippen LogP contribution in [0, 0.1) is 5.92 Å². The van der Waals surface area contributed by atoms with Crippen molar-refractivity contribution >= 4 is 22.8 Å². The summed E-state index contributed by atoms with van der Waals surface area (Å²) in [5.74, 6) is 1.12. The number of carbonyl (C=O) groups excluding carboxylic acids is 1. The van der Waals surface area contributed by atoms with E-state index in [9.17, 15) is 4.79 Å². The molecule has 2 aromatic heterocycles. The molecular weight excluding hydrogens is 330 g/mol. The van der Waals surface area contributed by atoms with Crippen LogP contribution in [0.1, 0.15) is 41.0 Å². The summed E-state index contributed by atoms with van der Waals surface area (Å²) in [5.41, 5.74) is 0.0937. The molecule has 1 N–H and O–H groups in total. The van der Waals surface area contributed by atoms with Gasteiger partial charge in [-0.1, -0.05) is 0 Å². The topological polar surface area (TPSA) is 80.2 Å². The molecule has 7 heteroatoms. The summed E-state index contributed by atoms with van der Waals surface area (Å²) in [6, 6.07) is 1.91. The van der Waals surface area contributed by atoms with Gasteiger partial charge in [-0.3, -0.25) is 4.98 Å². The Hall–Kier alpha value is -2.44. The largest absolute Gasteiger partial charge is 0.444 e. The number of ether oxygens (including phenoxy) is 1. The molecule has 1 fully saturated rings. The van der Waals surface area contributed by atoms with Crippen molar-refractivity contribution in [3.63, 3.8) is 0 Å². The molecule has 0 radical (unpaired) electrons. The summed E-state index contributed by atoms with van der Waals surface area (Å²) in [7, 11) is 0. The van der Waals surface area contributed by atoms with Crippen molar-refractivity contribution in [3.05, 3.63) is 24.8 Å². The molecule has 3 rings (SSSR count). The molecule has 0 aromatic carbocycles. The summed E-state index contributed by atoms with van der Waals surface area (Å²) in [6.45, 7) is 11.2. The molecule has 1 unspecified atom stereocenters. The standard InChI is InChI=1S/C19H27N5O2/c1-18(2,3)26-17(25)24-11-13(8-19(24,4)5)9-21-16-14-6-7-20-10-15(14)22-12-23-16/h6-7,10,12-13H,8-9,11H2,1-5H3,(H,21,22,23). The maximum atomic E-state index is 12.5. The first kappa shape index (κ1) is 18.4. The molecule has 0 saturated carbocycles. The van der Waals surface area contributed by atoms with E-state index in [1.807, 2.05) is 31.7 Å². The monoisotopic (exact) mass is 357 g/mol. The highest BCUT2D eigenvalue weighted by Gasteiger charge is 2.42. The lowest BCUT2D eigenvalue weighted by Gasteiger charge is -2.33. The van der Waals surface area contributed by atoms with Gasteiger partial charge in [0.1, 0.15) is 17.7 Å². The van der Waals surface area contributed by atoms with Gasteiger partial charge in [-0.15, -0.1) is 0 Å². The lowest BCUT2D eigenvalue weighted by atomic mass is 9.96. The maximum absolute atomic E-state index is 12.5. The number of likely N-dealkylation sites (tertiary alicyclic amines) is 1. The normalized spacial score (nSPS) is 19.6. The highest BCUT2D eigenvalue weighted by atomic mass is 16.6. The van der Waals surface area contributed by atoms with E-state index in [2.05, 4.69) is 34.1 Å². The minimum Gasteiger partial charge on any atom is -0.444 e. The summed E-state index contributed by atoms with van der Waals surface area (Å²) in [4.78, 5) is 27.0. The van der Waals surface area contributed by atoms with Gasteiger partial charge in [0.05, 0.1) is 11.7 Å². The molecule has 1 saturated heterocycles. The van der Waals surface area contributed by atoms with Gasteiger partial charge in [-0.25, -0.2) is 14.8 Å². The van der Waals surface area contributed by atoms with Gasteiger partial charge < -0.3 is 15.0 Å². The van der Waals surface area contributed by atoms with Crippen LogP contribution >= 0.6 is 0 Å². The number of amides is 1. The third kappa shape index (κ3) is 4.03. The number of nitrogens with one attached hydrogen (secondary N) is 1. The van der Waals surface area contributed by atoms with Gasteiger partial charge in [0.2, 0.25) is 0 Å². The summed E-state index contributed by atoms with van der Waals surface area (Å²) in [6.07, 6.45) is 5.66. The van der Waals surface area contributed by atoms with Crippen LogP contribution in [0.4, 0.5) is 10.6 Å². The predicted molar refractivity (Wildman–Crippen MR) is 101 cm³/mol. The van der Waals surface area contributed by atoms with Gasteiger partial charge in [0.25, 0.3) is 0 Å². The predicted octanol–water partition coefficient (Wildman–Crippen LogP) is 3.47. The van der Waals surface area contributed by atoms with Gasteiger partial charge >= 0.3 is 6.09 Å². The Morgan fingerprint density at radius 2 is 2.15 bits per heavy atom. The first-order chi connectivity index (χ1) is 12.2. The molecule has 1 atom stereocenters. The zero-order valence-electron chi connectivity index (χ0n) is 16.1. The van der Waals surface area contributed by atoms with Crippen LogP contribution in [0.25, 0.3) is 10.9 Å². The number of anilines is 1. The molecule has 2 aromatic rings. The number of hydrogen-bond acceptors (Lipinski definition) is 6. The maximum Gasteiger partial charge on any atom is 0.410 e. The second kappa shape index (κ2) is 6.70. The molecule has 0 aliphatic carbocycles. The third-order valence-corrected chi connectivity index (χ3v) is 4.57. The van der Waals surface area contributed by atoms with E-state index in [0.29, 0.717) is 12.5 Å².